The third-order valence-electron chi connectivity index (χ3n) is 3.52. The first-order chi connectivity index (χ1) is 12.6. The Labute approximate surface area is 153 Å². The van der Waals surface area contributed by atoms with Crippen LogP contribution in [0.15, 0.2) is 54.0 Å². The molecule has 1 aromatic heterocycles. The van der Waals surface area contributed by atoms with Crippen molar-refractivity contribution in [2.45, 2.75) is 0 Å². The Hall–Kier alpha value is -3.24. The highest BCUT2D eigenvalue weighted by molar-refractivity contribution is 7.11. The van der Waals surface area contributed by atoms with Gasteiger partial charge >= 0.3 is 0 Å². The molecule has 0 unspecified atom stereocenters. The van der Waals surface area contributed by atoms with Crippen LogP contribution in [0, 0.1) is 23.0 Å². The van der Waals surface area contributed by atoms with E-state index in [2.05, 4.69) is 16.4 Å². The van der Waals surface area contributed by atoms with Crippen molar-refractivity contribution in [2.75, 3.05) is 12.4 Å². The second kappa shape index (κ2) is 7.76. The molecule has 0 aliphatic carbocycles. The van der Waals surface area contributed by atoms with Crippen LogP contribution in [0.25, 0.3) is 16.8 Å². The SMILES string of the molecule is COc1cccc(-c2csc(C(C#N)=CNc3ccc(F)c(F)c3)n2)c1. The van der Waals surface area contributed by atoms with Gasteiger partial charge in [0.1, 0.15) is 22.4 Å². The predicted molar refractivity (Wildman–Crippen MR) is 97.7 cm³/mol. The van der Waals surface area contributed by atoms with Gasteiger partial charge in [-0.2, -0.15) is 5.26 Å². The van der Waals surface area contributed by atoms with Gasteiger partial charge in [0.15, 0.2) is 11.6 Å². The van der Waals surface area contributed by atoms with Gasteiger partial charge in [0.05, 0.1) is 12.8 Å². The zero-order chi connectivity index (χ0) is 18.5. The lowest BCUT2D eigenvalue weighted by atomic mass is 10.1. The van der Waals surface area contributed by atoms with Crippen molar-refractivity contribution in [1.82, 2.24) is 4.98 Å². The zero-order valence-electron chi connectivity index (χ0n) is 13.7. The number of nitrogens with zero attached hydrogens (tertiary/aromatic N) is 2. The number of halogens is 2. The minimum atomic E-state index is -0.962. The number of hydrogen-bond donors (Lipinski definition) is 1. The molecule has 3 aromatic rings. The van der Waals surface area contributed by atoms with E-state index in [1.165, 1.54) is 23.6 Å². The van der Waals surface area contributed by atoms with Crippen LogP contribution in [0.2, 0.25) is 0 Å². The van der Waals surface area contributed by atoms with Crippen molar-refractivity contribution in [3.8, 4) is 23.1 Å². The predicted octanol–water partition coefficient (Wildman–Crippen LogP) is 5.07. The maximum Gasteiger partial charge on any atom is 0.160 e. The molecule has 26 heavy (non-hydrogen) atoms. The number of methoxy groups -OCH3 is 1. The normalized spacial score (nSPS) is 11.1. The highest BCUT2D eigenvalue weighted by atomic mass is 32.1. The van der Waals surface area contributed by atoms with E-state index in [0.29, 0.717) is 16.4 Å². The molecule has 7 heteroatoms. The van der Waals surface area contributed by atoms with Crippen LogP contribution >= 0.6 is 11.3 Å². The molecule has 3 rings (SSSR count). The Kier molecular flexibility index (Phi) is 5.25. The smallest absolute Gasteiger partial charge is 0.160 e. The fourth-order valence-corrected chi connectivity index (χ4v) is 2.99. The first-order valence-electron chi connectivity index (χ1n) is 7.53. The Balaban J connectivity index is 1.83. The number of nitriles is 1. The molecule has 0 atom stereocenters. The maximum atomic E-state index is 13.2. The summed E-state index contributed by atoms with van der Waals surface area (Å²) >= 11 is 1.31. The van der Waals surface area contributed by atoms with Crippen LogP contribution in [0.3, 0.4) is 0 Å². The molecule has 4 nitrogen and oxygen atoms in total. The second-order valence-electron chi connectivity index (χ2n) is 5.21. The molecule has 2 aromatic carbocycles. The fourth-order valence-electron chi connectivity index (χ4n) is 2.20. The molecular formula is C19H13F2N3OS. The van der Waals surface area contributed by atoms with Crippen molar-refractivity contribution in [3.05, 3.63) is 70.7 Å². The molecule has 0 saturated heterocycles. The van der Waals surface area contributed by atoms with Crippen molar-refractivity contribution >= 4 is 22.6 Å². The fraction of sp³-hybridized carbons (Fsp3) is 0.0526. The average Bonchev–Trinajstić information content (AvgIpc) is 3.15. The Bertz CT molecular complexity index is 1010. The quantitative estimate of drug-likeness (QED) is 0.638. The van der Waals surface area contributed by atoms with Crippen molar-refractivity contribution in [3.63, 3.8) is 0 Å². The summed E-state index contributed by atoms with van der Waals surface area (Å²) in [5.74, 6) is -1.17. The van der Waals surface area contributed by atoms with E-state index in [9.17, 15) is 14.0 Å². The van der Waals surface area contributed by atoms with E-state index in [1.54, 1.807) is 7.11 Å². The van der Waals surface area contributed by atoms with Crippen molar-refractivity contribution < 1.29 is 13.5 Å². The summed E-state index contributed by atoms with van der Waals surface area (Å²) in [6, 6.07) is 12.9. The molecule has 0 radical (unpaired) electrons. The minimum absolute atomic E-state index is 0.286. The van der Waals surface area contributed by atoms with E-state index in [-0.39, 0.29) is 5.57 Å². The molecule has 0 saturated carbocycles. The lowest BCUT2D eigenvalue weighted by molar-refractivity contribution is 0.415. The van der Waals surface area contributed by atoms with Crippen LogP contribution in [0.1, 0.15) is 5.01 Å². The minimum Gasteiger partial charge on any atom is -0.497 e. The molecule has 130 valence electrons. The van der Waals surface area contributed by atoms with Crippen LogP contribution in [-0.4, -0.2) is 12.1 Å². The lowest BCUT2D eigenvalue weighted by Gasteiger charge is -2.02. The van der Waals surface area contributed by atoms with Gasteiger partial charge in [-0.25, -0.2) is 13.8 Å². The van der Waals surface area contributed by atoms with Gasteiger partial charge in [0.2, 0.25) is 0 Å². The van der Waals surface area contributed by atoms with Crippen LogP contribution in [-0.2, 0) is 0 Å². The summed E-state index contributed by atoms with van der Waals surface area (Å²) in [5.41, 5.74) is 2.21. The number of allylic oxidation sites excluding steroid dienone is 1. The standard InChI is InChI=1S/C19H13F2N3OS/c1-25-15-4-2-3-12(7-15)18-11-26-19(24-18)13(9-22)10-23-14-5-6-16(20)17(21)8-14/h2-8,10-11,23H,1H3. The molecule has 0 fully saturated rings. The van der Waals surface area contributed by atoms with Gasteiger partial charge in [-0.05, 0) is 24.3 Å². The van der Waals surface area contributed by atoms with E-state index >= 15 is 0 Å². The summed E-state index contributed by atoms with van der Waals surface area (Å²) in [6.45, 7) is 0. The van der Waals surface area contributed by atoms with E-state index in [0.717, 1.165) is 23.4 Å². The largest absolute Gasteiger partial charge is 0.497 e. The molecule has 1 N–H and O–H groups in total. The summed E-state index contributed by atoms with van der Waals surface area (Å²) in [7, 11) is 1.59. The van der Waals surface area contributed by atoms with Crippen molar-refractivity contribution in [1.29, 1.82) is 5.26 Å². The molecule has 0 aliphatic heterocycles. The summed E-state index contributed by atoms with van der Waals surface area (Å²) < 4.78 is 31.4. The Morgan fingerprint density at radius 2 is 2.08 bits per heavy atom. The number of rotatable bonds is 5. The van der Waals surface area contributed by atoms with Gasteiger partial charge < -0.3 is 10.1 Å². The number of thiazole rings is 1. The van der Waals surface area contributed by atoms with Gasteiger partial charge in [-0.3, -0.25) is 0 Å². The van der Waals surface area contributed by atoms with Crippen molar-refractivity contribution in [2.24, 2.45) is 0 Å². The van der Waals surface area contributed by atoms with Crippen LogP contribution in [0.5, 0.6) is 5.75 Å². The lowest BCUT2D eigenvalue weighted by Crippen LogP contribution is -1.93. The highest BCUT2D eigenvalue weighted by Gasteiger charge is 2.10. The topological polar surface area (TPSA) is 57.9 Å². The molecule has 0 spiro atoms. The van der Waals surface area contributed by atoms with Crippen LogP contribution in [0.4, 0.5) is 14.5 Å². The molecule has 0 aliphatic rings. The first kappa shape index (κ1) is 17.6. The first-order valence-corrected chi connectivity index (χ1v) is 8.41. The number of hydrogen-bond acceptors (Lipinski definition) is 5. The zero-order valence-corrected chi connectivity index (χ0v) is 14.5. The Morgan fingerprint density at radius 1 is 1.23 bits per heavy atom. The third kappa shape index (κ3) is 3.87. The number of aromatic nitrogens is 1. The van der Waals surface area contributed by atoms with Gasteiger partial charge in [0.25, 0.3) is 0 Å². The summed E-state index contributed by atoms with van der Waals surface area (Å²) in [4.78, 5) is 4.47. The summed E-state index contributed by atoms with van der Waals surface area (Å²) in [5, 5.41) is 14.5. The monoisotopic (exact) mass is 369 g/mol. The maximum absolute atomic E-state index is 13.2. The second-order valence-corrected chi connectivity index (χ2v) is 6.07. The molecular weight excluding hydrogens is 356 g/mol. The van der Waals surface area contributed by atoms with Gasteiger partial charge in [-0.1, -0.05) is 12.1 Å². The van der Waals surface area contributed by atoms with Crippen LogP contribution < -0.4 is 10.1 Å². The highest BCUT2D eigenvalue weighted by Crippen LogP contribution is 2.28. The number of anilines is 1. The van der Waals surface area contributed by atoms with E-state index in [1.807, 2.05) is 29.6 Å². The van der Waals surface area contributed by atoms with E-state index < -0.39 is 11.6 Å². The number of nitrogens with one attached hydrogen (secondary N) is 1. The average molecular weight is 369 g/mol. The molecule has 0 bridgehead atoms. The number of ether oxygens (including phenoxy) is 1. The van der Waals surface area contributed by atoms with Gasteiger partial charge in [-0.15, -0.1) is 11.3 Å². The number of benzene rings is 2. The summed E-state index contributed by atoms with van der Waals surface area (Å²) in [6.07, 6.45) is 1.42. The molecule has 1 heterocycles. The van der Waals surface area contributed by atoms with E-state index in [4.69, 9.17) is 4.74 Å². The van der Waals surface area contributed by atoms with Gasteiger partial charge in [0, 0.05) is 28.9 Å². The third-order valence-corrected chi connectivity index (χ3v) is 4.40. The Morgan fingerprint density at radius 3 is 2.81 bits per heavy atom. The molecule has 0 amide bonds.